The molecule has 0 saturated heterocycles. The van der Waals surface area contributed by atoms with Gasteiger partial charge in [0.15, 0.2) is 0 Å². The van der Waals surface area contributed by atoms with Crippen molar-refractivity contribution in [2.45, 2.75) is 32.9 Å². The molecular formula is C10H15ClN2O3. The van der Waals surface area contributed by atoms with E-state index in [-0.39, 0.29) is 23.4 Å². The molecule has 0 fully saturated rings. The van der Waals surface area contributed by atoms with E-state index in [1.807, 2.05) is 6.92 Å². The molecule has 1 atom stereocenters. The highest BCUT2D eigenvalue weighted by molar-refractivity contribution is 6.30. The number of nitrogens with zero attached hydrogens (tertiary/aromatic N) is 1. The van der Waals surface area contributed by atoms with Gasteiger partial charge in [-0.15, -0.1) is 0 Å². The van der Waals surface area contributed by atoms with Crippen molar-refractivity contribution in [3.8, 4) is 0 Å². The van der Waals surface area contributed by atoms with Crippen LogP contribution < -0.4 is 11.2 Å². The maximum atomic E-state index is 11.9. The Labute approximate surface area is 98.0 Å². The largest absolute Gasteiger partial charge is 0.380 e. The Balaban J connectivity index is 3.29. The maximum Gasteiger partial charge on any atom is 0.329 e. The first-order chi connectivity index (χ1) is 7.51. The number of ether oxygens (including phenoxy) is 1. The lowest BCUT2D eigenvalue weighted by Gasteiger charge is -2.12. The lowest BCUT2D eigenvalue weighted by Crippen LogP contribution is -2.40. The van der Waals surface area contributed by atoms with Crippen LogP contribution in [0.2, 0.25) is 5.15 Å². The lowest BCUT2D eigenvalue weighted by atomic mass is 10.2. The molecule has 0 aromatic carbocycles. The molecule has 1 heterocycles. The molecule has 0 aliphatic rings. The Morgan fingerprint density at radius 2 is 2.12 bits per heavy atom. The summed E-state index contributed by atoms with van der Waals surface area (Å²) in [6.07, 6.45) is 0.278. The van der Waals surface area contributed by atoms with E-state index in [0.29, 0.717) is 12.0 Å². The summed E-state index contributed by atoms with van der Waals surface area (Å²) < 4.78 is 6.13. The van der Waals surface area contributed by atoms with Gasteiger partial charge in [0.05, 0.1) is 18.2 Å². The predicted molar refractivity (Wildman–Crippen MR) is 62.2 cm³/mol. The fourth-order valence-electron chi connectivity index (χ4n) is 1.39. The summed E-state index contributed by atoms with van der Waals surface area (Å²) in [5, 5.41) is 0.124. The third kappa shape index (κ3) is 2.54. The van der Waals surface area contributed by atoms with Gasteiger partial charge in [0, 0.05) is 7.11 Å². The summed E-state index contributed by atoms with van der Waals surface area (Å²) in [5.41, 5.74) is -0.430. The number of hydrogen-bond acceptors (Lipinski definition) is 3. The molecule has 1 N–H and O–H groups in total. The van der Waals surface area contributed by atoms with E-state index < -0.39 is 5.69 Å². The van der Waals surface area contributed by atoms with E-state index in [4.69, 9.17) is 16.3 Å². The molecule has 1 unspecified atom stereocenters. The average Bonchev–Trinajstić information content (AvgIpc) is 2.24. The van der Waals surface area contributed by atoms with Crippen molar-refractivity contribution < 1.29 is 4.74 Å². The minimum atomic E-state index is -0.504. The second-order valence-electron chi connectivity index (χ2n) is 3.54. The van der Waals surface area contributed by atoms with Crippen LogP contribution in [0, 0.1) is 0 Å². The predicted octanol–water partition coefficient (Wildman–Crippen LogP) is 0.787. The van der Waals surface area contributed by atoms with E-state index >= 15 is 0 Å². The van der Waals surface area contributed by atoms with Gasteiger partial charge in [0.25, 0.3) is 5.56 Å². The van der Waals surface area contributed by atoms with Gasteiger partial charge in [-0.25, -0.2) is 4.79 Å². The summed E-state index contributed by atoms with van der Waals surface area (Å²) >= 11 is 5.78. The van der Waals surface area contributed by atoms with Crippen LogP contribution in [0.15, 0.2) is 9.59 Å². The zero-order valence-corrected chi connectivity index (χ0v) is 10.3. The molecule has 6 heteroatoms. The van der Waals surface area contributed by atoms with Crippen molar-refractivity contribution in [3.05, 3.63) is 31.6 Å². The van der Waals surface area contributed by atoms with Crippen molar-refractivity contribution in [2.24, 2.45) is 0 Å². The molecule has 1 aromatic rings. The van der Waals surface area contributed by atoms with Crippen molar-refractivity contribution in [3.63, 3.8) is 0 Å². The highest BCUT2D eigenvalue weighted by atomic mass is 35.5. The summed E-state index contributed by atoms with van der Waals surface area (Å²) in [5.74, 6) is 0. The zero-order valence-electron chi connectivity index (χ0n) is 9.54. The number of methoxy groups -OCH3 is 1. The van der Waals surface area contributed by atoms with Crippen molar-refractivity contribution in [1.29, 1.82) is 0 Å². The lowest BCUT2D eigenvalue weighted by molar-refractivity contribution is 0.101. The first-order valence-electron chi connectivity index (χ1n) is 5.05. The van der Waals surface area contributed by atoms with Gasteiger partial charge in [0.1, 0.15) is 5.15 Å². The van der Waals surface area contributed by atoms with E-state index in [2.05, 4.69) is 4.98 Å². The van der Waals surface area contributed by atoms with E-state index in [1.54, 1.807) is 6.92 Å². The molecule has 1 aromatic heterocycles. The standard InChI is InChI=1S/C10H15ClN2O3/c1-4-7-8(11)12-10(15)13(9(7)14)5-6(2)16-3/h6H,4-5H2,1-3H3,(H,12,15). The molecule has 0 radical (unpaired) electrons. The SMILES string of the molecule is CCc1c(Cl)[nH]c(=O)n(CC(C)OC)c1=O. The topological polar surface area (TPSA) is 64.1 Å². The fraction of sp³-hybridized carbons (Fsp3) is 0.600. The normalized spacial score (nSPS) is 12.8. The maximum absolute atomic E-state index is 11.9. The van der Waals surface area contributed by atoms with Crippen LogP contribution in [-0.4, -0.2) is 22.8 Å². The summed E-state index contributed by atoms with van der Waals surface area (Å²) in [6.45, 7) is 3.81. The minimum absolute atomic E-state index is 0.124. The molecule has 0 saturated carbocycles. The van der Waals surface area contributed by atoms with Crippen molar-refractivity contribution >= 4 is 11.6 Å². The number of H-pyrrole nitrogens is 1. The molecule has 0 aliphatic heterocycles. The van der Waals surface area contributed by atoms with Crippen molar-refractivity contribution in [2.75, 3.05) is 7.11 Å². The van der Waals surface area contributed by atoms with E-state index in [0.717, 1.165) is 4.57 Å². The third-order valence-corrected chi connectivity index (χ3v) is 2.75. The van der Waals surface area contributed by atoms with Crippen LogP contribution in [0.4, 0.5) is 0 Å². The molecule has 16 heavy (non-hydrogen) atoms. The Kier molecular flexibility index (Phi) is 4.32. The Morgan fingerprint density at radius 1 is 1.50 bits per heavy atom. The van der Waals surface area contributed by atoms with Crippen LogP contribution in [0.3, 0.4) is 0 Å². The van der Waals surface area contributed by atoms with Crippen LogP contribution in [-0.2, 0) is 17.7 Å². The number of rotatable bonds is 4. The summed E-state index contributed by atoms with van der Waals surface area (Å²) in [4.78, 5) is 25.9. The monoisotopic (exact) mass is 246 g/mol. The van der Waals surface area contributed by atoms with Crippen LogP contribution in [0.1, 0.15) is 19.4 Å². The Hall–Kier alpha value is -1.07. The summed E-state index contributed by atoms with van der Waals surface area (Å²) in [6, 6.07) is 0. The molecule has 5 nitrogen and oxygen atoms in total. The Bertz CT molecular complexity index is 478. The van der Waals surface area contributed by atoms with Crippen LogP contribution >= 0.6 is 11.6 Å². The first-order valence-corrected chi connectivity index (χ1v) is 5.43. The Morgan fingerprint density at radius 3 is 2.62 bits per heavy atom. The third-order valence-electron chi connectivity index (χ3n) is 2.43. The second kappa shape index (κ2) is 5.32. The second-order valence-corrected chi connectivity index (χ2v) is 3.92. The molecule has 0 amide bonds. The zero-order chi connectivity index (χ0) is 12.3. The molecular weight excluding hydrogens is 232 g/mol. The number of nitrogens with one attached hydrogen (secondary N) is 1. The molecule has 90 valence electrons. The van der Waals surface area contributed by atoms with Gasteiger partial charge in [-0.3, -0.25) is 14.3 Å². The van der Waals surface area contributed by atoms with Gasteiger partial charge >= 0.3 is 5.69 Å². The summed E-state index contributed by atoms with van der Waals surface area (Å²) in [7, 11) is 1.53. The fourth-order valence-corrected chi connectivity index (χ4v) is 1.69. The highest BCUT2D eigenvalue weighted by Gasteiger charge is 2.12. The molecule has 0 bridgehead atoms. The van der Waals surface area contributed by atoms with Gasteiger partial charge in [0.2, 0.25) is 0 Å². The number of halogens is 1. The van der Waals surface area contributed by atoms with Gasteiger partial charge in [-0.2, -0.15) is 0 Å². The van der Waals surface area contributed by atoms with Crippen molar-refractivity contribution in [1.82, 2.24) is 9.55 Å². The van der Waals surface area contributed by atoms with E-state index in [9.17, 15) is 9.59 Å². The molecule has 1 rings (SSSR count). The number of aromatic nitrogens is 2. The quantitative estimate of drug-likeness (QED) is 0.799. The highest BCUT2D eigenvalue weighted by Crippen LogP contribution is 2.06. The molecule has 0 aliphatic carbocycles. The van der Waals surface area contributed by atoms with E-state index in [1.165, 1.54) is 7.11 Å². The molecule has 0 spiro atoms. The number of hydrogen-bond donors (Lipinski definition) is 1. The van der Waals surface area contributed by atoms with Crippen LogP contribution in [0.5, 0.6) is 0 Å². The van der Waals surface area contributed by atoms with Gasteiger partial charge < -0.3 is 4.74 Å². The first kappa shape index (κ1) is 13.0. The van der Waals surface area contributed by atoms with Gasteiger partial charge in [-0.1, -0.05) is 18.5 Å². The van der Waals surface area contributed by atoms with Crippen LogP contribution in [0.25, 0.3) is 0 Å². The van der Waals surface area contributed by atoms with Gasteiger partial charge in [-0.05, 0) is 13.3 Å². The smallest absolute Gasteiger partial charge is 0.329 e. The average molecular weight is 247 g/mol. The minimum Gasteiger partial charge on any atom is -0.380 e. The number of aromatic amines is 1.